The van der Waals surface area contributed by atoms with Gasteiger partial charge in [-0.15, -0.1) is 0 Å². The van der Waals surface area contributed by atoms with Crippen LogP contribution in [-0.2, 0) is 9.53 Å². The molecule has 2 rings (SSSR count). The van der Waals surface area contributed by atoms with Crippen molar-refractivity contribution < 1.29 is 9.53 Å². The van der Waals surface area contributed by atoms with Gasteiger partial charge in [0.15, 0.2) is 0 Å². The van der Waals surface area contributed by atoms with Crippen molar-refractivity contribution in [2.75, 3.05) is 39.2 Å². The third kappa shape index (κ3) is 3.38. The van der Waals surface area contributed by atoms with Crippen molar-refractivity contribution in [2.45, 2.75) is 25.8 Å². The summed E-state index contributed by atoms with van der Waals surface area (Å²) >= 11 is 0. The van der Waals surface area contributed by atoms with E-state index >= 15 is 0 Å². The van der Waals surface area contributed by atoms with Crippen LogP contribution in [0.4, 0.5) is 5.69 Å². The van der Waals surface area contributed by atoms with E-state index in [1.165, 1.54) is 18.4 Å². The number of esters is 1. The van der Waals surface area contributed by atoms with Gasteiger partial charge < -0.3 is 9.64 Å². The van der Waals surface area contributed by atoms with Crippen LogP contribution in [-0.4, -0.2) is 51.2 Å². The van der Waals surface area contributed by atoms with Crippen LogP contribution in [0.2, 0.25) is 0 Å². The predicted molar refractivity (Wildman–Crippen MR) is 85.7 cm³/mol. The lowest BCUT2D eigenvalue weighted by molar-refractivity contribution is -0.145. The SMILES string of the molecule is COC(=O)C1CN(C(C)C)CC1c1ccc(N(C)C)cc1. The fourth-order valence-corrected chi connectivity index (χ4v) is 3.00. The molecule has 0 radical (unpaired) electrons. The molecule has 4 heteroatoms. The van der Waals surface area contributed by atoms with Crippen LogP contribution < -0.4 is 4.90 Å². The second-order valence-corrected chi connectivity index (χ2v) is 6.27. The van der Waals surface area contributed by atoms with Gasteiger partial charge in [-0.2, -0.15) is 0 Å². The van der Waals surface area contributed by atoms with Crippen LogP contribution in [0, 0.1) is 5.92 Å². The fraction of sp³-hybridized carbons (Fsp3) is 0.588. The number of nitrogens with zero attached hydrogens (tertiary/aromatic N) is 2. The summed E-state index contributed by atoms with van der Waals surface area (Å²) in [5.41, 5.74) is 2.39. The summed E-state index contributed by atoms with van der Waals surface area (Å²) in [5.74, 6) is 0.0542. The maximum absolute atomic E-state index is 12.1. The summed E-state index contributed by atoms with van der Waals surface area (Å²) < 4.78 is 5.00. The van der Waals surface area contributed by atoms with Crippen LogP contribution in [0.25, 0.3) is 0 Å². The summed E-state index contributed by atoms with van der Waals surface area (Å²) in [6.07, 6.45) is 0. The maximum Gasteiger partial charge on any atom is 0.310 e. The maximum atomic E-state index is 12.1. The van der Waals surface area contributed by atoms with E-state index in [1.807, 2.05) is 14.1 Å². The molecular weight excluding hydrogens is 264 g/mol. The first-order valence-corrected chi connectivity index (χ1v) is 7.53. The van der Waals surface area contributed by atoms with Gasteiger partial charge in [0.2, 0.25) is 0 Å². The number of hydrogen-bond acceptors (Lipinski definition) is 4. The second kappa shape index (κ2) is 6.48. The number of ether oxygens (including phenoxy) is 1. The first kappa shape index (κ1) is 15.8. The number of carbonyl (C=O) groups excluding carboxylic acids is 1. The van der Waals surface area contributed by atoms with Crippen molar-refractivity contribution in [1.82, 2.24) is 4.90 Å². The molecule has 116 valence electrons. The van der Waals surface area contributed by atoms with Gasteiger partial charge in [-0.05, 0) is 31.5 Å². The standard InChI is InChI=1S/C17H26N2O2/c1-12(2)19-10-15(16(11-19)17(20)21-5)13-6-8-14(9-7-13)18(3)4/h6-9,12,15-16H,10-11H2,1-5H3. The van der Waals surface area contributed by atoms with Crippen molar-refractivity contribution in [1.29, 1.82) is 0 Å². The largest absolute Gasteiger partial charge is 0.469 e. The number of hydrogen-bond donors (Lipinski definition) is 0. The minimum Gasteiger partial charge on any atom is -0.469 e. The summed E-state index contributed by atoms with van der Waals surface area (Å²) in [4.78, 5) is 16.5. The van der Waals surface area contributed by atoms with E-state index in [-0.39, 0.29) is 17.8 Å². The van der Waals surface area contributed by atoms with Crippen molar-refractivity contribution in [3.8, 4) is 0 Å². The molecule has 0 spiro atoms. The van der Waals surface area contributed by atoms with Gasteiger partial charge in [0, 0.05) is 44.8 Å². The van der Waals surface area contributed by atoms with Crippen molar-refractivity contribution in [3.63, 3.8) is 0 Å². The first-order chi connectivity index (χ1) is 9.93. The Kier molecular flexibility index (Phi) is 4.88. The van der Waals surface area contributed by atoms with E-state index in [0.717, 1.165) is 13.1 Å². The van der Waals surface area contributed by atoms with E-state index in [0.29, 0.717) is 6.04 Å². The Morgan fingerprint density at radius 2 is 1.86 bits per heavy atom. The van der Waals surface area contributed by atoms with Crippen LogP contribution in [0.3, 0.4) is 0 Å². The zero-order valence-electron chi connectivity index (χ0n) is 13.7. The molecule has 1 aromatic rings. The van der Waals surface area contributed by atoms with Gasteiger partial charge in [0.1, 0.15) is 0 Å². The lowest BCUT2D eigenvalue weighted by atomic mass is 9.89. The van der Waals surface area contributed by atoms with Gasteiger partial charge in [0.05, 0.1) is 13.0 Å². The zero-order valence-corrected chi connectivity index (χ0v) is 13.7. The molecule has 2 unspecified atom stereocenters. The molecule has 0 saturated carbocycles. The van der Waals surface area contributed by atoms with Crippen LogP contribution in [0.1, 0.15) is 25.3 Å². The molecule has 1 aliphatic heterocycles. The van der Waals surface area contributed by atoms with E-state index in [4.69, 9.17) is 4.74 Å². The van der Waals surface area contributed by atoms with E-state index in [9.17, 15) is 4.79 Å². The molecule has 0 aliphatic carbocycles. The molecule has 2 atom stereocenters. The number of carbonyl (C=O) groups is 1. The number of methoxy groups -OCH3 is 1. The molecule has 1 heterocycles. The monoisotopic (exact) mass is 290 g/mol. The highest BCUT2D eigenvalue weighted by Crippen LogP contribution is 2.35. The number of likely N-dealkylation sites (tertiary alicyclic amines) is 1. The minimum atomic E-state index is -0.0974. The Morgan fingerprint density at radius 1 is 1.24 bits per heavy atom. The molecule has 0 amide bonds. The minimum absolute atomic E-state index is 0.0670. The second-order valence-electron chi connectivity index (χ2n) is 6.27. The summed E-state index contributed by atoms with van der Waals surface area (Å²) in [6.45, 7) is 6.04. The highest BCUT2D eigenvalue weighted by molar-refractivity contribution is 5.74. The zero-order chi connectivity index (χ0) is 15.6. The van der Waals surface area contributed by atoms with Gasteiger partial charge in [-0.1, -0.05) is 12.1 Å². The number of anilines is 1. The molecule has 0 bridgehead atoms. The normalized spacial score (nSPS) is 22.6. The molecule has 21 heavy (non-hydrogen) atoms. The van der Waals surface area contributed by atoms with Crippen LogP contribution >= 0.6 is 0 Å². The van der Waals surface area contributed by atoms with Gasteiger partial charge in [0.25, 0.3) is 0 Å². The third-order valence-corrected chi connectivity index (χ3v) is 4.42. The lowest BCUT2D eigenvalue weighted by Gasteiger charge is -2.20. The van der Waals surface area contributed by atoms with Crippen molar-refractivity contribution in [2.24, 2.45) is 5.92 Å². The van der Waals surface area contributed by atoms with E-state index in [2.05, 4.69) is 47.9 Å². The molecule has 1 saturated heterocycles. The van der Waals surface area contributed by atoms with E-state index < -0.39 is 0 Å². The summed E-state index contributed by atoms with van der Waals surface area (Å²) in [7, 11) is 5.54. The molecular formula is C17H26N2O2. The quantitative estimate of drug-likeness (QED) is 0.797. The van der Waals surface area contributed by atoms with Crippen molar-refractivity contribution >= 4 is 11.7 Å². The van der Waals surface area contributed by atoms with E-state index in [1.54, 1.807) is 0 Å². The Morgan fingerprint density at radius 3 is 2.33 bits per heavy atom. The van der Waals surface area contributed by atoms with Gasteiger partial charge in [-0.3, -0.25) is 9.69 Å². The average molecular weight is 290 g/mol. The topological polar surface area (TPSA) is 32.8 Å². The number of rotatable bonds is 4. The third-order valence-electron chi connectivity index (χ3n) is 4.42. The fourth-order valence-electron chi connectivity index (χ4n) is 3.00. The van der Waals surface area contributed by atoms with Crippen LogP contribution in [0.15, 0.2) is 24.3 Å². The Labute approximate surface area is 127 Å². The number of benzene rings is 1. The summed E-state index contributed by atoms with van der Waals surface area (Å²) in [5, 5.41) is 0. The molecule has 0 N–H and O–H groups in total. The molecule has 1 aliphatic rings. The highest BCUT2D eigenvalue weighted by Gasteiger charge is 2.39. The Bertz CT molecular complexity index is 482. The first-order valence-electron chi connectivity index (χ1n) is 7.53. The molecule has 4 nitrogen and oxygen atoms in total. The Balaban J connectivity index is 2.23. The predicted octanol–water partition coefficient (Wildman–Crippen LogP) is 2.35. The van der Waals surface area contributed by atoms with Gasteiger partial charge >= 0.3 is 5.97 Å². The smallest absolute Gasteiger partial charge is 0.310 e. The van der Waals surface area contributed by atoms with Crippen molar-refractivity contribution in [3.05, 3.63) is 29.8 Å². The molecule has 1 aromatic carbocycles. The molecule has 1 fully saturated rings. The Hall–Kier alpha value is -1.55. The van der Waals surface area contributed by atoms with Crippen LogP contribution in [0.5, 0.6) is 0 Å². The molecule has 0 aromatic heterocycles. The van der Waals surface area contributed by atoms with Gasteiger partial charge in [-0.25, -0.2) is 0 Å². The lowest BCUT2D eigenvalue weighted by Crippen LogP contribution is -2.29. The highest BCUT2D eigenvalue weighted by atomic mass is 16.5. The summed E-state index contributed by atoms with van der Waals surface area (Å²) in [6, 6.07) is 8.95. The average Bonchev–Trinajstić information content (AvgIpc) is 2.92.